The van der Waals surface area contributed by atoms with Crippen molar-refractivity contribution in [1.82, 2.24) is 5.32 Å². The van der Waals surface area contributed by atoms with E-state index in [1.165, 1.54) is 12.0 Å². The van der Waals surface area contributed by atoms with Crippen LogP contribution in [0.4, 0.5) is 10.5 Å². The zero-order valence-corrected chi connectivity index (χ0v) is 18.2. The Kier molecular flexibility index (Phi) is 6.59. The Morgan fingerprint density at radius 3 is 2.22 bits per heavy atom. The molecule has 2 aromatic rings. The number of amides is 2. The summed E-state index contributed by atoms with van der Waals surface area (Å²) in [4.78, 5) is 39.2. The lowest BCUT2D eigenvalue weighted by molar-refractivity contribution is -0.143. The second-order valence-corrected chi connectivity index (χ2v) is 7.44. The molecule has 0 bridgehead atoms. The standard InChI is InChI=1S/C24H23N3O5/c1-14(2)32-23(29)20-15(3)27(19-11-5-16(13-25)6-12-19)24(30)26-21(20)17-7-9-18(10-8-17)22(28)31-4/h5-12,14,21H,1-4H3,(H,26,30)/t21-/m0/s1. The average molecular weight is 433 g/mol. The predicted molar refractivity (Wildman–Crippen MR) is 117 cm³/mol. The monoisotopic (exact) mass is 433 g/mol. The number of ether oxygens (including phenoxy) is 2. The number of nitrogens with zero attached hydrogens (tertiary/aromatic N) is 2. The fraction of sp³-hybridized carbons (Fsp3) is 0.250. The third kappa shape index (κ3) is 4.47. The van der Waals surface area contributed by atoms with Gasteiger partial charge in [0.2, 0.25) is 0 Å². The van der Waals surface area contributed by atoms with Crippen LogP contribution in [0.1, 0.15) is 48.3 Å². The molecule has 8 heteroatoms. The van der Waals surface area contributed by atoms with Crippen LogP contribution in [-0.2, 0) is 14.3 Å². The van der Waals surface area contributed by atoms with E-state index >= 15 is 0 Å². The van der Waals surface area contributed by atoms with Crippen molar-refractivity contribution in [2.24, 2.45) is 0 Å². The highest BCUT2D eigenvalue weighted by molar-refractivity contribution is 6.03. The Morgan fingerprint density at radius 2 is 1.69 bits per heavy atom. The van der Waals surface area contributed by atoms with E-state index < -0.39 is 24.0 Å². The molecule has 0 saturated heterocycles. The summed E-state index contributed by atoms with van der Waals surface area (Å²) in [5, 5.41) is 11.9. The molecule has 0 aromatic heterocycles. The molecule has 0 spiro atoms. The minimum absolute atomic E-state index is 0.272. The number of esters is 2. The van der Waals surface area contributed by atoms with Crippen LogP contribution >= 0.6 is 0 Å². The van der Waals surface area contributed by atoms with Crippen LogP contribution in [0.25, 0.3) is 0 Å². The van der Waals surface area contributed by atoms with E-state index in [9.17, 15) is 14.4 Å². The van der Waals surface area contributed by atoms with Gasteiger partial charge in [0.05, 0.1) is 47.7 Å². The van der Waals surface area contributed by atoms with Gasteiger partial charge in [0, 0.05) is 5.70 Å². The van der Waals surface area contributed by atoms with Crippen LogP contribution in [-0.4, -0.2) is 31.2 Å². The van der Waals surface area contributed by atoms with Crippen LogP contribution in [0.5, 0.6) is 0 Å². The van der Waals surface area contributed by atoms with Crippen molar-refractivity contribution in [2.45, 2.75) is 32.9 Å². The van der Waals surface area contributed by atoms with Gasteiger partial charge in [0.25, 0.3) is 0 Å². The quantitative estimate of drug-likeness (QED) is 0.718. The van der Waals surface area contributed by atoms with Gasteiger partial charge >= 0.3 is 18.0 Å². The maximum absolute atomic E-state index is 13.0. The molecule has 32 heavy (non-hydrogen) atoms. The minimum Gasteiger partial charge on any atom is -0.465 e. The van der Waals surface area contributed by atoms with Crippen molar-refractivity contribution < 1.29 is 23.9 Å². The molecule has 1 aliphatic rings. The van der Waals surface area contributed by atoms with E-state index in [2.05, 4.69) is 5.32 Å². The lowest BCUT2D eigenvalue weighted by Crippen LogP contribution is -2.48. The first-order valence-corrected chi connectivity index (χ1v) is 9.97. The molecule has 3 rings (SSSR count). The summed E-state index contributed by atoms with van der Waals surface area (Å²) < 4.78 is 10.2. The largest absolute Gasteiger partial charge is 0.465 e. The van der Waals surface area contributed by atoms with Crippen LogP contribution in [0.3, 0.4) is 0 Å². The highest BCUT2D eigenvalue weighted by atomic mass is 16.5. The Hall–Kier alpha value is -4.12. The molecule has 1 atom stereocenters. The van der Waals surface area contributed by atoms with E-state index in [0.717, 1.165) is 0 Å². The summed E-state index contributed by atoms with van der Waals surface area (Å²) >= 11 is 0. The number of urea groups is 1. The Morgan fingerprint density at radius 1 is 1.06 bits per heavy atom. The molecule has 1 N–H and O–H groups in total. The molecule has 0 radical (unpaired) electrons. The molecule has 1 aliphatic heterocycles. The normalized spacial score (nSPS) is 15.8. The van der Waals surface area contributed by atoms with Gasteiger partial charge in [-0.15, -0.1) is 0 Å². The second kappa shape index (κ2) is 9.35. The first-order chi connectivity index (χ1) is 15.3. The molecule has 0 aliphatic carbocycles. The van der Waals surface area contributed by atoms with Crippen molar-refractivity contribution >= 4 is 23.7 Å². The second-order valence-electron chi connectivity index (χ2n) is 7.44. The molecule has 164 valence electrons. The van der Waals surface area contributed by atoms with Gasteiger partial charge in [-0.1, -0.05) is 12.1 Å². The fourth-order valence-corrected chi connectivity index (χ4v) is 3.46. The Labute approximate surface area is 186 Å². The Balaban J connectivity index is 2.08. The number of hydrogen-bond acceptors (Lipinski definition) is 6. The fourth-order valence-electron chi connectivity index (χ4n) is 3.46. The van der Waals surface area contributed by atoms with Gasteiger partial charge < -0.3 is 14.8 Å². The van der Waals surface area contributed by atoms with E-state index in [1.54, 1.807) is 69.3 Å². The zero-order chi connectivity index (χ0) is 23.4. The number of benzene rings is 2. The van der Waals surface area contributed by atoms with E-state index in [1.807, 2.05) is 6.07 Å². The van der Waals surface area contributed by atoms with Crippen molar-refractivity contribution in [2.75, 3.05) is 12.0 Å². The third-order valence-electron chi connectivity index (χ3n) is 4.97. The third-order valence-corrected chi connectivity index (χ3v) is 4.97. The highest BCUT2D eigenvalue weighted by Gasteiger charge is 2.37. The van der Waals surface area contributed by atoms with Gasteiger partial charge in [-0.2, -0.15) is 5.26 Å². The number of carbonyl (C=O) groups excluding carboxylic acids is 3. The number of nitrogens with one attached hydrogen (secondary N) is 1. The summed E-state index contributed by atoms with van der Waals surface area (Å²) in [6.07, 6.45) is -0.355. The molecule has 2 aromatic carbocycles. The number of carbonyl (C=O) groups is 3. The maximum atomic E-state index is 13.0. The van der Waals surface area contributed by atoms with Crippen molar-refractivity contribution in [3.8, 4) is 6.07 Å². The van der Waals surface area contributed by atoms with Crippen molar-refractivity contribution in [3.63, 3.8) is 0 Å². The number of methoxy groups -OCH3 is 1. The molecular formula is C24H23N3O5. The van der Waals surface area contributed by atoms with Crippen LogP contribution in [0.2, 0.25) is 0 Å². The number of allylic oxidation sites excluding steroid dienone is 1. The van der Waals surface area contributed by atoms with Crippen LogP contribution in [0.15, 0.2) is 59.8 Å². The summed E-state index contributed by atoms with van der Waals surface area (Å²) in [6.45, 7) is 5.16. The molecule has 1 heterocycles. The summed E-state index contributed by atoms with van der Waals surface area (Å²) in [7, 11) is 1.29. The van der Waals surface area contributed by atoms with E-state index in [0.29, 0.717) is 28.1 Å². The van der Waals surface area contributed by atoms with Gasteiger partial charge in [-0.05, 0) is 62.7 Å². The zero-order valence-electron chi connectivity index (χ0n) is 18.2. The highest BCUT2D eigenvalue weighted by Crippen LogP contribution is 2.34. The first-order valence-electron chi connectivity index (χ1n) is 9.97. The lowest BCUT2D eigenvalue weighted by Gasteiger charge is -2.35. The number of nitriles is 1. The molecule has 0 saturated carbocycles. The summed E-state index contributed by atoms with van der Waals surface area (Å²) in [5.41, 5.74) is 2.61. The lowest BCUT2D eigenvalue weighted by atomic mass is 9.94. The maximum Gasteiger partial charge on any atom is 0.338 e. The van der Waals surface area contributed by atoms with Crippen molar-refractivity contribution in [1.29, 1.82) is 5.26 Å². The van der Waals surface area contributed by atoms with Gasteiger partial charge in [-0.3, -0.25) is 4.90 Å². The first kappa shape index (κ1) is 22.6. The SMILES string of the molecule is COC(=O)c1ccc([C@@H]2NC(=O)N(c3ccc(C#N)cc3)C(C)=C2C(=O)OC(C)C)cc1. The summed E-state index contributed by atoms with van der Waals surface area (Å²) in [5.74, 6) is -1.04. The average Bonchev–Trinajstić information content (AvgIpc) is 2.78. The smallest absolute Gasteiger partial charge is 0.338 e. The van der Waals surface area contributed by atoms with Crippen molar-refractivity contribution in [3.05, 3.63) is 76.5 Å². The van der Waals surface area contributed by atoms with E-state index in [-0.39, 0.29) is 11.7 Å². The number of anilines is 1. The number of hydrogen-bond donors (Lipinski definition) is 1. The van der Waals surface area contributed by atoms with Gasteiger partial charge in [0.15, 0.2) is 0 Å². The van der Waals surface area contributed by atoms with Gasteiger partial charge in [-0.25, -0.2) is 14.4 Å². The van der Waals surface area contributed by atoms with Gasteiger partial charge in [0.1, 0.15) is 0 Å². The molecular weight excluding hydrogens is 410 g/mol. The molecule has 2 amide bonds. The summed E-state index contributed by atoms with van der Waals surface area (Å²) in [6, 6.07) is 13.8. The Bertz CT molecular complexity index is 1110. The topological polar surface area (TPSA) is 109 Å². The predicted octanol–water partition coefficient (Wildman–Crippen LogP) is 3.84. The number of rotatable bonds is 5. The molecule has 0 unspecified atom stereocenters. The minimum atomic E-state index is -0.768. The molecule has 0 fully saturated rings. The van der Waals surface area contributed by atoms with Crippen LogP contribution in [0, 0.1) is 11.3 Å². The van der Waals surface area contributed by atoms with Crippen LogP contribution < -0.4 is 10.2 Å². The van der Waals surface area contributed by atoms with E-state index in [4.69, 9.17) is 14.7 Å². The molecule has 8 nitrogen and oxygen atoms in total.